The summed E-state index contributed by atoms with van der Waals surface area (Å²) >= 11 is 0. The summed E-state index contributed by atoms with van der Waals surface area (Å²) in [5.41, 5.74) is 0.117. The van der Waals surface area contributed by atoms with Crippen LogP contribution in [0, 0.1) is 0 Å². The highest BCUT2D eigenvalue weighted by Crippen LogP contribution is 2.34. The second-order valence-electron chi connectivity index (χ2n) is 7.11. The number of hydrogen-bond donors (Lipinski definition) is 0. The normalized spacial score (nSPS) is 11.9. The summed E-state index contributed by atoms with van der Waals surface area (Å²) < 4.78 is 77.2. The monoisotopic (exact) mass is 489 g/mol. The summed E-state index contributed by atoms with van der Waals surface area (Å²) in [6, 6.07) is 14.5. The van der Waals surface area contributed by atoms with Gasteiger partial charge in [0, 0.05) is 11.6 Å². The molecule has 0 spiro atoms. The molecule has 0 unspecified atom stereocenters. The molecule has 0 saturated heterocycles. The van der Waals surface area contributed by atoms with Crippen LogP contribution >= 0.6 is 0 Å². The van der Waals surface area contributed by atoms with Crippen LogP contribution in [0.2, 0.25) is 0 Å². The Balaban J connectivity index is 1.75. The molecule has 1 aromatic heterocycles. The Morgan fingerprint density at radius 3 is 2.26 bits per heavy atom. The molecule has 4 rings (SSSR count). The van der Waals surface area contributed by atoms with Crippen LogP contribution < -0.4 is 9.47 Å². The molecule has 0 saturated carbocycles. The lowest BCUT2D eigenvalue weighted by atomic mass is 10.2. The number of methoxy groups -OCH3 is 2. The molecule has 0 amide bonds. The molecule has 7 nitrogen and oxygen atoms in total. The number of nitrogens with zero attached hydrogens (tertiary/aromatic N) is 3. The van der Waals surface area contributed by atoms with Crippen LogP contribution in [0.25, 0.3) is 16.9 Å². The van der Waals surface area contributed by atoms with Crippen LogP contribution in [-0.2, 0) is 16.0 Å². The van der Waals surface area contributed by atoms with E-state index in [1.165, 1.54) is 37.2 Å². The van der Waals surface area contributed by atoms with Crippen molar-refractivity contribution in [2.75, 3.05) is 14.2 Å². The highest BCUT2D eigenvalue weighted by atomic mass is 32.2. The minimum Gasteiger partial charge on any atom is -0.497 e. The Morgan fingerprint density at radius 2 is 1.62 bits per heavy atom. The van der Waals surface area contributed by atoms with Crippen LogP contribution in [0.5, 0.6) is 11.5 Å². The maximum atomic E-state index is 13.3. The Kier molecular flexibility index (Phi) is 6.05. The minimum absolute atomic E-state index is 0.108. The van der Waals surface area contributed by atoms with E-state index >= 15 is 0 Å². The fourth-order valence-electron chi connectivity index (χ4n) is 3.34. The molecule has 0 aliphatic carbocycles. The van der Waals surface area contributed by atoms with Gasteiger partial charge in [-0.2, -0.15) is 13.2 Å². The standard InChI is InChI=1S/C23H18F3N3O4S/c1-32-16-9-12-20(21(13-16)33-2)29-14-19(27-28-29)18-5-3-4-6-22(18)34(30,31)17-10-7-15(8-11-17)23(24,25)26/h3-14H,1-2H3. The van der Waals surface area contributed by atoms with E-state index in [9.17, 15) is 21.6 Å². The SMILES string of the molecule is COc1ccc(-n2cc(-c3ccccc3S(=O)(=O)c3ccc(C(F)(F)F)cc3)nn2)c(OC)c1. The van der Waals surface area contributed by atoms with Gasteiger partial charge in [0.05, 0.1) is 35.8 Å². The van der Waals surface area contributed by atoms with Gasteiger partial charge < -0.3 is 9.47 Å². The molecule has 0 fully saturated rings. The molecule has 0 N–H and O–H groups in total. The van der Waals surface area contributed by atoms with Gasteiger partial charge in [0.1, 0.15) is 22.9 Å². The molecule has 176 valence electrons. The Hall–Kier alpha value is -3.86. The number of halogens is 3. The van der Waals surface area contributed by atoms with Gasteiger partial charge in [-0.3, -0.25) is 0 Å². The maximum Gasteiger partial charge on any atom is 0.416 e. The third kappa shape index (κ3) is 4.34. The lowest BCUT2D eigenvalue weighted by molar-refractivity contribution is -0.137. The third-order valence-electron chi connectivity index (χ3n) is 5.07. The molecule has 11 heteroatoms. The molecule has 0 radical (unpaired) electrons. The summed E-state index contributed by atoms with van der Waals surface area (Å²) in [4.78, 5) is -0.374. The first-order chi connectivity index (χ1) is 16.1. The average Bonchev–Trinajstić information content (AvgIpc) is 3.33. The largest absolute Gasteiger partial charge is 0.497 e. The Labute approximate surface area is 193 Å². The molecule has 0 atom stereocenters. The van der Waals surface area contributed by atoms with Gasteiger partial charge >= 0.3 is 6.18 Å². The van der Waals surface area contributed by atoms with E-state index in [1.54, 1.807) is 30.3 Å². The number of rotatable bonds is 6. The van der Waals surface area contributed by atoms with Crippen molar-refractivity contribution in [2.45, 2.75) is 16.0 Å². The number of aromatic nitrogens is 3. The fourth-order valence-corrected chi connectivity index (χ4v) is 4.81. The lowest BCUT2D eigenvalue weighted by Gasteiger charge is -2.11. The molecule has 0 aliphatic heterocycles. The van der Waals surface area contributed by atoms with Crippen LogP contribution in [0.4, 0.5) is 13.2 Å². The first-order valence-corrected chi connectivity index (χ1v) is 11.3. The summed E-state index contributed by atoms with van der Waals surface area (Å²) in [6.45, 7) is 0. The number of sulfone groups is 1. The third-order valence-corrected chi connectivity index (χ3v) is 6.90. The summed E-state index contributed by atoms with van der Waals surface area (Å²) in [7, 11) is -1.13. The number of benzene rings is 3. The van der Waals surface area contributed by atoms with E-state index in [2.05, 4.69) is 10.3 Å². The summed E-state index contributed by atoms with van der Waals surface area (Å²) in [5.74, 6) is 1.04. The first kappa shape index (κ1) is 23.3. The number of alkyl halides is 3. The van der Waals surface area contributed by atoms with E-state index in [4.69, 9.17) is 9.47 Å². The smallest absolute Gasteiger partial charge is 0.416 e. The molecular formula is C23H18F3N3O4S. The van der Waals surface area contributed by atoms with Crippen LogP contribution in [0.15, 0.2) is 82.7 Å². The van der Waals surface area contributed by atoms with Gasteiger partial charge in [0.25, 0.3) is 0 Å². The van der Waals surface area contributed by atoms with Crippen molar-refractivity contribution in [3.63, 3.8) is 0 Å². The highest BCUT2D eigenvalue weighted by Gasteiger charge is 2.31. The van der Waals surface area contributed by atoms with Crippen LogP contribution in [-0.4, -0.2) is 37.6 Å². The van der Waals surface area contributed by atoms with Crippen LogP contribution in [0.3, 0.4) is 0 Å². The zero-order chi connectivity index (χ0) is 24.5. The quantitative estimate of drug-likeness (QED) is 0.387. The van der Waals surface area contributed by atoms with Crippen molar-refractivity contribution < 1.29 is 31.1 Å². The van der Waals surface area contributed by atoms with Crippen molar-refractivity contribution in [1.82, 2.24) is 15.0 Å². The van der Waals surface area contributed by atoms with Gasteiger partial charge in [-0.15, -0.1) is 5.10 Å². The topological polar surface area (TPSA) is 83.3 Å². The second-order valence-corrected chi connectivity index (χ2v) is 9.03. The van der Waals surface area contributed by atoms with Gasteiger partial charge in [0.2, 0.25) is 9.84 Å². The van der Waals surface area contributed by atoms with Crippen LogP contribution in [0.1, 0.15) is 5.56 Å². The minimum atomic E-state index is -4.57. The second kappa shape index (κ2) is 8.82. The zero-order valence-electron chi connectivity index (χ0n) is 17.9. The van der Waals surface area contributed by atoms with Gasteiger partial charge in [-0.25, -0.2) is 13.1 Å². The summed E-state index contributed by atoms with van der Waals surface area (Å²) in [6.07, 6.45) is -3.04. The maximum absolute atomic E-state index is 13.3. The molecule has 4 aromatic rings. The molecule has 1 heterocycles. The van der Waals surface area contributed by atoms with E-state index in [1.807, 2.05) is 0 Å². The van der Waals surface area contributed by atoms with Gasteiger partial charge in [-0.1, -0.05) is 23.4 Å². The highest BCUT2D eigenvalue weighted by molar-refractivity contribution is 7.91. The van der Waals surface area contributed by atoms with E-state index in [0.29, 0.717) is 17.2 Å². The van der Waals surface area contributed by atoms with Crippen molar-refractivity contribution >= 4 is 9.84 Å². The van der Waals surface area contributed by atoms with Crippen molar-refractivity contribution in [3.8, 4) is 28.4 Å². The van der Waals surface area contributed by atoms with Gasteiger partial charge in [0.15, 0.2) is 0 Å². The Morgan fingerprint density at radius 1 is 0.912 bits per heavy atom. The predicted molar refractivity (Wildman–Crippen MR) is 117 cm³/mol. The van der Waals surface area contributed by atoms with Crippen molar-refractivity contribution in [3.05, 3.63) is 78.5 Å². The fraction of sp³-hybridized carbons (Fsp3) is 0.130. The lowest BCUT2D eigenvalue weighted by Crippen LogP contribution is -2.07. The van der Waals surface area contributed by atoms with Crippen molar-refractivity contribution in [1.29, 1.82) is 0 Å². The van der Waals surface area contributed by atoms with Crippen molar-refractivity contribution in [2.24, 2.45) is 0 Å². The molecule has 0 bridgehead atoms. The summed E-state index contributed by atoms with van der Waals surface area (Å²) in [5, 5.41) is 8.20. The number of ether oxygens (including phenoxy) is 2. The van der Waals surface area contributed by atoms with E-state index < -0.39 is 21.6 Å². The van der Waals surface area contributed by atoms with E-state index in [0.717, 1.165) is 24.3 Å². The molecule has 3 aromatic carbocycles. The number of hydrogen-bond acceptors (Lipinski definition) is 6. The first-order valence-electron chi connectivity index (χ1n) is 9.81. The Bertz CT molecular complexity index is 1430. The average molecular weight is 489 g/mol. The van der Waals surface area contributed by atoms with E-state index in [-0.39, 0.29) is 21.0 Å². The predicted octanol–water partition coefficient (Wildman–Crippen LogP) is 4.80. The van der Waals surface area contributed by atoms with Gasteiger partial charge in [-0.05, 0) is 42.5 Å². The molecule has 34 heavy (non-hydrogen) atoms. The molecular weight excluding hydrogens is 471 g/mol. The zero-order valence-corrected chi connectivity index (χ0v) is 18.8. The molecule has 0 aliphatic rings.